The molecule has 2 heterocycles. The molecular weight excluding hydrogens is 461 g/mol. The number of hydrogen-bond acceptors (Lipinski definition) is 7. The normalized spacial score (nSPS) is 18.5. The van der Waals surface area contributed by atoms with Crippen molar-refractivity contribution in [1.82, 2.24) is 10.2 Å². The number of nitrogens with two attached hydrogens (primary N) is 1. The summed E-state index contributed by atoms with van der Waals surface area (Å²) in [6.45, 7) is 3.25. The van der Waals surface area contributed by atoms with Crippen molar-refractivity contribution in [2.45, 2.75) is 12.8 Å². The molecule has 1 fully saturated rings. The van der Waals surface area contributed by atoms with Crippen molar-refractivity contribution < 1.29 is 9.47 Å². The number of morpholine rings is 1. The van der Waals surface area contributed by atoms with Crippen molar-refractivity contribution >= 4 is 45.9 Å². The lowest BCUT2D eigenvalue weighted by molar-refractivity contribution is 0.0667. The second kappa shape index (κ2) is 9.47. The van der Waals surface area contributed by atoms with Crippen LogP contribution in [-0.2, 0) is 11.3 Å². The predicted octanol–water partition coefficient (Wildman–Crippen LogP) is 4.33. The van der Waals surface area contributed by atoms with Gasteiger partial charge in [-0.15, -0.1) is 0 Å². The van der Waals surface area contributed by atoms with E-state index in [0.29, 0.717) is 35.8 Å². The fourth-order valence-electron chi connectivity index (χ4n) is 3.83. The lowest BCUT2D eigenvalue weighted by atomic mass is 10.1. The maximum atomic E-state index is 6.24. The molecule has 3 aromatic rings. The van der Waals surface area contributed by atoms with Gasteiger partial charge in [-0.3, -0.25) is 5.32 Å². The molecule has 3 N–H and O–H groups in total. The van der Waals surface area contributed by atoms with Crippen molar-refractivity contribution in [2.75, 3.05) is 26.3 Å². The Morgan fingerprint density at radius 2 is 1.79 bits per heavy atom. The summed E-state index contributed by atoms with van der Waals surface area (Å²) >= 11 is 12.2. The van der Waals surface area contributed by atoms with Gasteiger partial charge in [0, 0.05) is 28.7 Å². The lowest BCUT2D eigenvalue weighted by Crippen LogP contribution is -2.52. The molecule has 1 unspecified atom stereocenters. The van der Waals surface area contributed by atoms with Crippen LogP contribution in [0.5, 0.6) is 5.75 Å². The summed E-state index contributed by atoms with van der Waals surface area (Å²) in [5.41, 5.74) is 7.91. The maximum Gasteiger partial charge on any atom is 0.203 e. The number of hydrogen-bond donors (Lipinski definition) is 2. The van der Waals surface area contributed by atoms with Gasteiger partial charge in [0.25, 0.3) is 0 Å². The third kappa shape index (κ3) is 5.00. The highest BCUT2D eigenvalue weighted by atomic mass is 35.5. The van der Waals surface area contributed by atoms with Crippen LogP contribution >= 0.6 is 23.2 Å². The standard InChI is InChI=1S/C24H23Cl2N5O2/c25-19-5-3-18(21(26)13-19)14-33-20-6-4-15-11-17(2-1-16(15)12-20)22-28-23(27)30-24(29-22)31-7-9-32-10-8-31/h1-6,11-13,22H,7-10,14H2,(H3,27,28,29,30). The minimum absolute atomic E-state index is 0.362. The molecule has 1 atom stereocenters. The average molecular weight is 484 g/mol. The Morgan fingerprint density at radius 1 is 1.00 bits per heavy atom. The van der Waals surface area contributed by atoms with E-state index >= 15 is 0 Å². The van der Waals surface area contributed by atoms with Crippen molar-refractivity contribution in [3.63, 3.8) is 0 Å². The van der Waals surface area contributed by atoms with E-state index in [0.717, 1.165) is 46.7 Å². The van der Waals surface area contributed by atoms with Gasteiger partial charge in [-0.25, -0.2) is 9.98 Å². The molecule has 0 radical (unpaired) electrons. The van der Waals surface area contributed by atoms with E-state index in [4.69, 9.17) is 43.4 Å². The van der Waals surface area contributed by atoms with Crippen LogP contribution in [0.1, 0.15) is 17.3 Å². The smallest absolute Gasteiger partial charge is 0.203 e. The third-order valence-electron chi connectivity index (χ3n) is 5.60. The Kier molecular flexibility index (Phi) is 6.26. The zero-order valence-electron chi connectivity index (χ0n) is 17.8. The van der Waals surface area contributed by atoms with Crippen molar-refractivity contribution in [1.29, 1.82) is 0 Å². The largest absolute Gasteiger partial charge is 0.489 e. The molecule has 0 saturated carbocycles. The van der Waals surface area contributed by atoms with Gasteiger partial charge in [-0.05, 0) is 46.7 Å². The first-order valence-corrected chi connectivity index (χ1v) is 11.4. The number of rotatable bonds is 4. The number of benzene rings is 3. The summed E-state index contributed by atoms with van der Waals surface area (Å²) < 4.78 is 11.4. The highest BCUT2D eigenvalue weighted by Crippen LogP contribution is 2.29. The van der Waals surface area contributed by atoms with E-state index in [2.05, 4.69) is 21.3 Å². The van der Waals surface area contributed by atoms with Crippen LogP contribution in [0.25, 0.3) is 10.8 Å². The Morgan fingerprint density at radius 3 is 2.61 bits per heavy atom. The van der Waals surface area contributed by atoms with Crippen molar-refractivity contribution in [3.8, 4) is 5.75 Å². The molecule has 0 aliphatic carbocycles. The Balaban J connectivity index is 1.34. The van der Waals surface area contributed by atoms with E-state index in [1.807, 2.05) is 36.4 Å². The molecule has 33 heavy (non-hydrogen) atoms. The Bertz CT molecular complexity index is 1240. The number of nitrogens with zero attached hydrogens (tertiary/aromatic N) is 3. The molecule has 7 nitrogen and oxygen atoms in total. The maximum absolute atomic E-state index is 6.24. The fourth-order valence-corrected chi connectivity index (χ4v) is 4.30. The highest BCUT2D eigenvalue weighted by Gasteiger charge is 2.22. The average Bonchev–Trinajstić information content (AvgIpc) is 2.83. The number of halogens is 2. The first-order valence-electron chi connectivity index (χ1n) is 10.7. The van der Waals surface area contributed by atoms with Crippen LogP contribution in [0.2, 0.25) is 10.0 Å². The number of guanidine groups is 2. The van der Waals surface area contributed by atoms with Crippen LogP contribution in [0.15, 0.2) is 64.6 Å². The quantitative estimate of drug-likeness (QED) is 0.576. The van der Waals surface area contributed by atoms with Crippen LogP contribution in [0.4, 0.5) is 0 Å². The van der Waals surface area contributed by atoms with E-state index in [1.165, 1.54) is 0 Å². The van der Waals surface area contributed by atoms with E-state index in [-0.39, 0.29) is 0 Å². The SMILES string of the molecule is NC1=NC(c2ccc3cc(OCc4ccc(Cl)cc4Cl)ccc3c2)N=C(N2CCOCC2)N1. The van der Waals surface area contributed by atoms with Gasteiger partial charge >= 0.3 is 0 Å². The summed E-state index contributed by atoms with van der Waals surface area (Å²) in [6, 6.07) is 17.5. The van der Waals surface area contributed by atoms with E-state index in [1.54, 1.807) is 12.1 Å². The molecule has 2 aliphatic heterocycles. The van der Waals surface area contributed by atoms with Crippen LogP contribution < -0.4 is 15.8 Å². The molecule has 0 spiro atoms. The number of aliphatic imine (C=N–C) groups is 2. The molecule has 1 saturated heterocycles. The topological polar surface area (TPSA) is 84.5 Å². The first kappa shape index (κ1) is 21.8. The second-order valence-corrected chi connectivity index (χ2v) is 8.70. The first-order chi connectivity index (χ1) is 16.0. The lowest BCUT2D eigenvalue weighted by Gasteiger charge is -2.32. The predicted molar refractivity (Wildman–Crippen MR) is 132 cm³/mol. The zero-order chi connectivity index (χ0) is 22.8. The Labute approximate surface area is 201 Å². The molecule has 3 aromatic carbocycles. The number of fused-ring (bicyclic) bond motifs is 1. The van der Waals surface area contributed by atoms with Crippen molar-refractivity contribution in [3.05, 3.63) is 75.8 Å². The van der Waals surface area contributed by atoms with Gasteiger partial charge in [0.1, 0.15) is 12.4 Å². The van der Waals surface area contributed by atoms with Crippen LogP contribution in [0.3, 0.4) is 0 Å². The molecule has 0 amide bonds. The van der Waals surface area contributed by atoms with Gasteiger partial charge in [0.2, 0.25) is 5.96 Å². The van der Waals surface area contributed by atoms with Gasteiger partial charge in [-0.2, -0.15) is 0 Å². The molecule has 2 aliphatic rings. The van der Waals surface area contributed by atoms with Crippen LogP contribution in [-0.4, -0.2) is 43.1 Å². The molecular formula is C24H23Cl2N5O2. The fraction of sp³-hybridized carbons (Fsp3) is 0.250. The van der Waals surface area contributed by atoms with E-state index in [9.17, 15) is 0 Å². The molecule has 170 valence electrons. The Hall–Kier alpha value is -3.00. The van der Waals surface area contributed by atoms with Gasteiger partial charge < -0.3 is 20.1 Å². The summed E-state index contributed by atoms with van der Waals surface area (Å²) in [4.78, 5) is 11.4. The number of nitrogens with one attached hydrogen (secondary N) is 1. The monoisotopic (exact) mass is 483 g/mol. The number of ether oxygens (including phenoxy) is 2. The minimum atomic E-state index is -0.392. The van der Waals surface area contributed by atoms with Gasteiger partial charge in [0.15, 0.2) is 12.1 Å². The summed E-state index contributed by atoms with van der Waals surface area (Å²) in [5, 5.41) is 6.40. The molecule has 0 aromatic heterocycles. The summed E-state index contributed by atoms with van der Waals surface area (Å²) in [7, 11) is 0. The minimum Gasteiger partial charge on any atom is -0.489 e. The third-order valence-corrected chi connectivity index (χ3v) is 6.19. The molecule has 5 rings (SSSR count). The van der Waals surface area contributed by atoms with Gasteiger partial charge in [-0.1, -0.05) is 47.5 Å². The summed E-state index contributed by atoms with van der Waals surface area (Å²) in [6.07, 6.45) is -0.392. The van der Waals surface area contributed by atoms with Crippen molar-refractivity contribution in [2.24, 2.45) is 15.7 Å². The van der Waals surface area contributed by atoms with E-state index < -0.39 is 6.17 Å². The summed E-state index contributed by atoms with van der Waals surface area (Å²) in [5.74, 6) is 1.86. The highest BCUT2D eigenvalue weighted by molar-refractivity contribution is 6.35. The van der Waals surface area contributed by atoms with Crippen LogP contribution in [0, 0.1) is 0 Å². The molecule has 0 bridgehead atoms. The van der Waals surface area contributed by atoms with Gasteiger partial charge in [0.05, 0.1) is 13.2 Å². The second-order valence-electron chi connectivity index (χ2n) is 7.86. The molecule has 9 heteroatoms. The zero-order valence-corrected chi connectivity index (χ0v) is 19.3.